The van der Waals surface area contributed by atoms with Crippen LogP contribution in [-0.4, -0.2) is 8.07 Å². The number of nitrogens with zero attached hydrogens (tertiary/aromatic N) is 1. The predicted octanol–water partition coefficient (Wildman–Crippen LogP) is 10.8. The molecule has 6 heteroatoms. The lowest BCUT2D eigenvalue weighted by molar-refractivity contribution is 0.360. The summed E-state index contributed by atoms with van der Waals surface area (Å²) in [6.45, 7) is 9.49. The third-order valence-corrected chi connectivity index (χ3v) is 15.0. The van der Waals surface area contributed by atoms with Crippen molar-refractivity contribution in [3.05, 3.63) is 139 Å². The van der Waals surface area contributed by atoms with Gasteiger partial charge in [-0.1, -0.05) is 118 Å². The minimum absolute atomic E-state index is 0.265. The van der Waals surface area contributed by atoms with Gasteiger partial charge in [-0.05, 0) is 58.9 Å². The Balaban J connectivity index is 1.32. The quantitative estimate of drug-likeness (QED) is 0.178. The molecule has 0 aliphatic carbocycles. The van der Waals surface area contributed by atoms with E-state index < -0.39 is 8.07 Å². The fraction of sp³-hybridized carbons (Fsp3) is 0.122. The maximum absolute atomic E-state index is 6.90. The lowest BCUT2D eigenvalue weighted by Gasteiger charge is -2.39. The molecule has 6 aromatic rings. The third kappa shape index (κ3) is 4.21. The highest BCUT2D eigenvalue weighted by molar-refractivity contribution is 8.00. The molecule has 230 valence electrons. The van der Waals surface area contributed by atoms with Gasteiger partial charge in [0, 0.05) is 26.3 Å². The standard InChI is InChI=1S/C41H33NO3SSi/c1-41(2)26-14-5-6-19-31(26)44-38-27(41)15-11-16-28(38)42(29-17-12-22-34-39(29)45-33-21-8-7-20-32(33)43-34)30-18-13-25-37-40(30)46-35-23-9-10-24-36(35)47(37,3)4/h5-25H,1-4H3. The van der Waals surface area contributed by atoms with Crippen LogP contribution in [-0.2, 0) is 5.41 Å². The van der Waals surface area contributed by atoms with E-state index in [9.17, 15) is 0 Å². The molecule has 0 atom stereocenters. The normalized spacial score (nSPS) is 15.6. The molecule has 3 aliphatic rings. The number of anilines is 3. The number of hydrogen-bond donors (Lipinski definition) is 0. The van der Waals surface area contributed by atoms with Crippen molar-refractivity contribution in [1.29, 1.82) is 0 Å². The van der Waals surface area contributed by atoms with E-state index in [1.807, 2.05) is 54.2 Å². The second kappa shape index (κ2) is 10.3. The number of benzene rings is 6. The molecule has 0 amide bonds. The van der Waals surface area contributed by atoms with Gasteiger partial charge in [0.15, 0.2) is 28.7 Å². The average Bonchev–Trinajstić information content (AvgIpc) is 3.08. The van der Waals surface area contributed by atoms with Crippen LogP contribution >= 0.6 is 11.8 Å². The highest BCUT2D eigenvalue weighted by Gasteiger charge is 2.40. The van der Waals surface area contributed by atoms with Crippen molar-refractivity contribution < 1.29 is 14.2 Å². The van der Waals surface area contributed by atoms with E-state index in [-0.39, 0.29) is 5.41 Å². The van der Waals surface area contributed by atoms with Crippen LogP contribution in [0.5, 0.6) is 34.5 Å². The summed E-state index contributed by atoms with van der Waals surface area (Å²) >= 11 is 1.86. The summed E-state index contributed by atoms with van der Waals surface area (Å²) in [7, 11) is -2.02. The Kier molecular flexibility index (Phi) is 6.20. The van der Waals surface area contributed by atoms with Gasteiger partial charge >= 0.3 is 0 Å². The number of hydrogen-bond acceptors (Lipinski definition) is 5. The molecule has 3 aliphatic heterocycles. The van der Waals surface area contributed by atoms with Crippen molar-refractivity contribution >= 4 is 47.3 Å². The summed E-state index contributed by atoms with van der Waals surface area (Å²) in [6.07, 6.45) is 0. The van der Waals surface area contributed by atoms with E-state index in [4.69, 9.17) is 14.2 Å². The lowest BCUT2D eigenvalue weighted by atomic mass is 9.75. The molecular weight excluding hydrogens is 615 g/mol. The molecule has 0 aromatic heterocycles. The summed E-state index contributed by atoms with van der Waals surface area (Å²) in [6, 6.07) is 44.6. The van der Waals surface area contributed by atoms with Crippen LogP contribution in [0.4, 0.5) is 17.1 Å². The Morgan fingerprint density at radius 1 is 0.511 bits per heavy atom. The number of rotatable bonds is 3. The van der Waals surface area contributed by atoms with Gasteiger partial charge < -0.3 is 19.1 Å². The van der Waals surface area contributed by atoms with Crippen molar-refractivity contribution in [2.24, 2.45) is 0 Å². The topological polar surface area (TPSA) is 30.9 Å². The highest BCUT2D eigenvalue weighted by Crippen LogP contribution is 2.58. The summed E-state index contributed by atoms with van der Waals surface area (Å²) in [5.41, 5.74) is 4.99. The Labute approximate surface area is 280 Å². The average molecular weight is 648 g/mol. The first-order chi connectivity index (χ1) is 22.8. The first-order valence-electron chi connectivity index (χ1n) is 16.0. The number of para-hydroxylation sites is 5. The first kappa shape index (κ1) is 28.3. The molecule has 3 heterocycles. The smallest absolute Gasteiger partial charge is 0.194 e. The summed E-state index contributed by atoms with van der Waals surface area (Å²) in [5.74, 6) is 4.49. The van der Waals surface area contributed by atoms with Gasteiger partial charge in [-0.15, -0.1) is 0 Å². The van der Waals surface area contributed by atoms with Crippen molar-refractivity contribution in [2.45, 2.75) is 42.1 Å². The monoisotopic (exact) mass is 647 g/mol. The fourth-order valence-corrected chi connectivity index (χ4v) is 12.9. The first-order valence-corrected chi connectivity index (χ1v) is 19.8. The number of ether oxygens (including phenoxy) is 3. The van der Waals surface area contributed by atoms with E-state index >= 15 is 0 Å². The van der Waals surface area contributed by atoms with Gasteiger partial charge in [0.2, 0.25) is 0 Å². The Morgan fingerprint density at radius 3 is 1.89 bits per heavy atom. The molecule has 0 fully saturated rings. The maximum atomic E-state index is 6.90. The van der Waals surface area contributed by atoms with Crippen LogP contribution in [0.3, 0.4) is 0 Å². The van der Waals surface area contributed by atoms with E-state index in [2.05, 4.69) is 117 Å². The minimum Gasteiger partial charge on any atom is -0.455 e. The van der Waals surface area contributed by atoms with E-state index in [0.717, 1.165) is 34.1 Å². The summed E-state index contributed by atoms with van der Waals surface area (Å²) < 4.78 is 20.1. The van der Waals surface area contributed by atoms with Crippen molar-refractivity contribution in [3.8, 4) is 34.5 Å². The van der Waals surface area contributed by atoms with Gasteiger partial charge in [0.05, 0.1) is 17.1 Å². The molecule has 9 rings (SSSR count). The molecule has 0 bridgehead atoms. The van der Waals surface area contributed by atoms with E-state index in [1.54, 1.807) is 0 Å². The van der Waals surface area contributed by atoms with Crippen LogP contribution in [0.25, 0.3) is 0 Å². The largest absolute Gasteiger partial charge is 0.455 e. The second-order valence-electron chi connectivity index (χ2n) is 13.3. The van der Waals surface area contributed by atoms with Gasteiger partial charge in [-0.25, -0.2) is 0 Å². The lowest BCUT2D eigenvalue weighted by Crippen LogP contribution is -2.56. The SMILES string of the molecule is CC1(C)c2ccccc2Oc2c(N(c3cccc4c3Oc3ccccc3O4)c3cccc4c3Sc3ccccc3[Si]4(C)C)cccc21. The molecule has 0 saturated heterocycles. The van der Waals surface area contributed by atoms with E-state index in [1.165, 1.54) is 25.7 Å². The van der Waals surface area contributed by atoms with Gasteiger partial charge in [0.25, 0.3) is 0 Å². The fourth-order valence-electron chi connectivity index (χ4n) is 7.35. The van der Waals surface area contributed by atoms with E-state index in [0.29, 0.717) is 23.0 Å². The molecule has 0 unspecified atom stereocenters. The molecule has 0 spiro atoms. The number of fused-ring (bicyclic) bond motifs is 6. The molecule has 47 heavy (non-hydrogen) atoms. The Hall–Kier alpha value is -4.91. The zero-order valence-electron chi connectivity index (χ0n) is 26.7. The van der Waals surface area contributed by atoms with Gasteiger partial charge in [0.1, 0.15) is 13.8 Å². The van der Waals surface area contributed by atoms with Crippen LogP contribution in [0.15, 0.2) is 137 Å². The molecule has 6 aromatic carbocycles. The van der Waals surface area contributed by atoms with Crippen LogP contribution in [0, 0.1) is 0 Å². The maximum Gasteiger partial charge on any atom is 0.194 e. The Bertz CT molecular complexity index is 2130. The zero-order chi connectivity index (χ0) is 31.9. The van der Waals surface area contributed by atoms with Crippen molar-refractivity contribution in [2.75, 3.05) is 4.90 Å². The van der Waals surface area contributed by atoms with Crippen LogP contribution in [0.2, 0.25) is 13.1 Å². The van der Waals surface area contributed by atoms with Gasteiger partial charge in [-0.3, -0.25) is 0 Å². The third-order valence-electron chi connectivity index (χ3n) is 9.84. The zero-order valence-corrected chi connectivity index (χ0v) is 28.5. The van der Waals surface area contributed by atoms with Crippen molar-refractivity contribution in [1.82, 2.24) is 0 Å². The molecular formula is C41H33NO3SSi. The molecule has 0 N–H and O–H groups in total. The van der Waals surface area contributed by atoms with Gasteiger partial charge in [-0.2, -0.15) is 0 Å². The molecule has 4 nitrogen and oxygen atoms in total. The second-order valence-corrected chi connectivity index (χ2v) is 18.7. The Morgan fingerprint density at radius 2 is 1.06 bits per heavy atom. The molecule has 0 saturated carbocycles. The molecule has 0 radical (unpaired) electrons. The van der Waals surface area contributed by atoms with Crippen molar-refractivity contribution in [3.63, 3.8) is 0 Å². The summed E-state index contributed by atoms with van der Waals surface area (Å²) in [5, 5.41) is 2.90. The predicted molar refractivity (Wildman–Crippen MR) is 194 cm³/mol. The summed E-state index contributed by atoms with van der Waals surface area (Å²) in [4.78, 5) is 4.93. The van der Waals surface area contributed by atoms with Crippen LogP contribution < -0.4 is 29.5 Å². The van der Waals surface area contributed by atoms with Crippen LogP contribution in [0.1, 0.15) is 25.0 Å². The minimum atomic E-state index is -2.02. The highest BCUT2D eigenvalue weighted by atomic mass is 32.2.